The Morgan fingerprint density at radius 2 is 1.94 bits per heavy atom. The van der Waals surface area contributed by atoms with E-state index in [1.54, 1.807) is 0 Å². The molecule has 0 bridgehead atoms. The van der Waals surface area contributed by atoms with Crippen molar-refractivity contribution in [3.8, 4) is 0 Å². The lowest BCUT2D eigenvalue weighted by atomic mass is 10.0. The van der Waals surface area contributed by atoms with Gasteiger partial charge in [-0.15, -0.1) is 0 Å². The number of nitrogens with zero attached hydrogens (tertiary/aromatic N) is 1. The van der Waals surface area contributed by atoms with E-state index in [-0.39, 0.29) is 11.9 Å². The van der Waals surface area contributed by atoms with Crippen LogP contribution in [0.15, 0.2) is 0 Å². The Balaban J connectivity index is 1.85. The number of hydrogen-bond donors (Lipinski definition) is 2. The van der Waals surface area contributed by atoms with Gasteiger partial charge in [-0.1, -0.05) is 19.8 Å². The Labute approximate surface area is 108 Å². The Bertz CT molecular complexity index is 326. The normalized spacial score (nSPS) is 28.6. The summed E-state index contributed by atoms with van der Waals surface area (Å²) in [5.74, 6) is -0.270. The molecular formula is C13H22N2O3. The molecule has 0 radical (unpaired) electrons. The number of urea groups is 1. The number of carbonyl (C=O) groups is 2. The van der Waals surface area contributed by atoms with Gasteiger partial charge in [0.15, 0.2) is 0 Å². The Hall–Kier alpha value is -1.26. The molecule has 2 N–H and O–H groups in total. The van der Waals surface area contributed by atoms with Gasteiger partial charge in [-0.05, 0) is 31.1 Å². The van der Waals surface area contributed by atoms with E-state index in [0.717, 1.165) is 6.42 Å². The maximum absolute atomic E-state index is 12.0. The lowest BCUT2D eigenvalue weighted by Crippen LogP contribution is -2.48. The molecule has 1 heterocycles. The predicted octanol–water partition coefficient (Wildman–Crippen LogP) is 1.68. The van der Waals surface area contributed by atoms with Gasteiger partial charge in [-0.3, -0.25) is 0 Å². The van der Waals surface area contributed by atoms with Crippen LogP contribution in [0.3, 0.4) is 0 Å². The molecule has 1 saturated heterocycles. The summed E-state index contributed by atoms with van der Waals surface area (Å²) in [6.45, 7) is 3.13. The number of hydrogen-bond acceptors (Lipinski definition) is 2. The van der Waals surface area contributed by atoms with E-state index >= 15 is 0 Å². The standard InChI is InChI=1S/C13H22N2O3/c1-9-6-7-15(11(9)12(16)17)13(18)14-8-10-4-2-3-5-10/h9-11H,2-8H2,1H3,(H,14,18)(H,16,17). The van der Waals surface area contributed by atoms with E-state index in [2.05, 4.69) is 5.32 Å². The van der Waals surface area contributed by atoms with Crippen molar-refractivity contribution in [2.75, 3.05) is 13.1 Å². The highest BCUT2D eigenvalue weighted by molar-refractivity contribution is 5.83. The van der Waals surface area contributed by atoms with Crippen molar-refractivity contribution >= 4 is 12.0 Å². The van der Waals surface area contributed by atoms with Crippen molar-refractivity contribution in [1.29, 1.82) is 0 Å². The number of carbonyl (C=O) groups excluding carboxylic acids is 1. The molecule has 102 valence electrons. The van der Waals surface area contributed by atoms with Crippen molar-refractivity contribution in [3.63, 3.8) is 0 Å². The Morgan fingerprint density at radius 1 is 1.28 bits per heavy atom. The van der Waals surface area contributed by atoms with Crippen LogP contribution in [0.1, 0.15) is 39.0 Å². The van der Waals surface area contributed by atoms with Crippen molar-refractivity contribution in [2.45, 2.75) is 45.1 Å². The van der Waals surface area contributed by atoms with Gasteiger partial charge in [-0.25, -0.2) is 9.59 Å². The second kappa shape index (κ2) is 5.59. The Morgan fingerprint density at radius 3 is 2.56 bits per heavy atom. The summed E-state index contributed by atoms with van der Waals surface area (Å²) in [4.78, 5) is 24.7. The largest absolute Gasteiger partial charge is 0.480 e. The van der Waals surface area contributed by atoms with E-state index in [1.807, 2.05) is 6.92 Å². The number of aliphatic carboxylic acids is 1. The van der Waals surface area contributed by atoms with Crippen molar-refractivity contribution in [2.24, 2.45) is 11.8 Å². The zero-order valence-corrected chi connectivity index (χ0v) is 10.9. The minimum absolute atomic E-state index is 0.0414. The molecule has 1 aliphatic carbocycles. The SMILES string of the molecule is CC1CCN(C(=O)NCC2CCCC2)C1C(=O)O. The van der Waals surface area contributed by atoms with E-state index in [9.17, 15) is 9.59 Å². The summed E-state index contributed by atoms with van der Waals surface area (Å²) < 4.78 is 0. The summed E-state index contributed by atoms with van der Waals surface area (Å²) >= 11 is 0. The zero-order valence-electron chi connectivity index (χ0n) is 10.9. The third-order valence-corrected chi connectivity index (χ3v) is 4.23. The molecule has 2 rings (SSSR count). The molecule has 2 unspecified atom stereocenters. The maximum atomic E-state index is 12.0. The Kier molecular flexibility index (Phi) is 4.09. The van der Waals surface area contributed by atoms with Crippen LogP contribution in [-0.4, -0.2) is 41.1 Å². The molecular weight excluding hydrogens is 232 g/mol. The van der Waals surface area contributed by atoms with E-state index in [4.69, 9.17) is 5.11 Å². The molecule has 5 nitrogen and oxygen atoms in total. The van der Waals surface area contributed by atoms with Gasteiger partial charge in [-0.2, -0.15) is 0 Å². The molecule has 0 aromatic heterocycles. The first-order valence-electron chi connectivity index (χ1n) is 6.87. The van der Waals surface area contributed by atoms with Gasteiger partial charge in [0.05, 0.1) is 0 Å². The number of likely N-dealkylation sites (tertiary alicyclic amines) is 1. The average Bonchev–Trinajstić information content (AvgIpc) is 2.94. The quantitative estimate of drug-likeness (QED) is 0.805. The van der Waals surface area contributed by atoms with Gasteiger partial charge < -0.3 is 15.3 Å². The van der Waals surface area contributed by atoms with E-state index in [0.29, 0.717) is 19.0 Å². The van der Waals surface area contributed by atoms with Gasteiger partial charge in [0, 0.05) is 13.1 Å². The number of amides is 2. The number of nitrogens with one attached hydrogen (secondary N) is 1. The molecule has 2 atom stereocenters. The van der Waals surface area contributed by atoms with Crippen LogP contribution < -0.4 is 5.32 Å². The molecule has 2 amide bonds. The lowest BCUT2D eigenvalue weighted by Gasteiger charge is -2.24. The molecule has 18 heavy (non-hydrogen) atoms. The van der Waals surface area contributed by atoms with Crippen molar-refractivity contribution < 1.29 is 14.7 Å². The van der Waals surface area contributed by atoms with Crippen LogP contribution in [0.2, 0.25) is 0 Å². The molecule has 0 spiro atoms. The summed E-state index contributed by atoms with van der Waals surface area (Å²) in [6.07, 6.45) is 5.63. The van der Waals surface area contributed by atoms with Gasteiger partial charge in [0.25, 0.3) is 0 Å². The fourth-order valence-corrected chi connectivity index (χ4v) is 3.10. The van der Waals surface area contributed by atoms with Crippen molar-refractivity contribution in [1.82, 2.24) is 10.2 Å². The smallest absolute Gasteiger partial charge is 0.326 e. The molecule has 5 heteroatoms. The highest BCUT2D eigenvalue weighted by Crippen LogP contribution is 2.25. The highest BCUT2D eigenvalue weighted by atomic mass is 16.4. The number of carboxylic acid groups (broad SMARTS) is 1. The van der Waals surface area contributed by atoms with E-state index in [1.165, 1.54) is 30.6 Å². The first-order valence-corrected chi connectivity index (χ1v) is 6.87. The summed E-state index contributed by atoms with van der Waals surface area (Å²) in [7, 11) is 0. The maximum Gasteiger partial charge on any atom is 0.326 e. The van der Waals surface area contributed by atoms with Crippen LogP contribution >= 0.6 is 0 Å². The lowest BCUT2D eigenvalue weighted by molar-refractivity contribution is -0.142. The summed E-state index contributed by atoms with van der Waals surface area (Å²) in [6, 6.07) is -0.868. The monoisotopic (exact) mass is 254 g/mol. The van der Waals surface area contributed by atoms with Crippen LogP contribution in [0.4, 0.5) is 4.79 Å². The third kappa shape index (κ3) is 2.76. The van der Waals surface area contributed by atoms with Crippen LogP contribution in [-0.2, 0) is 4.79 Å². The van der Waals surface area contributed by atoms with Gasteiger partial charge in [0.1, 0.15) is 6.04 Å². The topological polar surface area (TPSA) is 69.6 Å². The fourth-order valence-electron chi connectivity index (χ4n) is 3.10. The van der Waals surface area contributed by atoms with Crippen LogP contribution in [0, 0.1) is 11.8 Å². The number of rotatable bonds is 3. The third-order valence-electron chi connectivity index (χ3n) is 4.23. The van der Waals surface area contributed by atoms with Crippen molar-refractivity contribution in [3.05, 3.63) is 0 Å². The molecule has 2 fully saturated rings. The summed E-state index contributed by atoms with van der Waals surface area (Å²) in [5, 5.41) is 12.1. The fraction of sp³-hybridized carbons (Fsp3) is 0.846. The van der Waals surface area contributed by atoms with Gasteiger partial charge >= 0.3 is 12.0 Å². The second-order valence-electron chi connectivity index (χ2n) is 5.58. The first kappa shape index (κ1) is 13.2. The molecule has 1 saturated carbocycles. The highest BCUT2D eigenvalue weighted by Gasteiger charge is 2.39. The average molecular weight is 254 g/mol. The molecule has 1 aliphatic heterocycles. The minimum atomic E-state index is -0.893. The van der Waals surface area contributed by atoms with E-state index < -0.39 is 12.0 Å². The number of carboxylic acids is 1. The zero-order chi connectivity index (χ0) is 13.1. The minimum Gasteiger partial charge on any atom is -0.480 e. The second-order valence-corrected chi connectivity index (χ2v) is 5.58. The van der Waals surface area contributed by atoms with Gasteiger partial charge in [0.2, 0.25) is 0 Å². The molecule has 0 aromatic rings. The van der Waals surface area contributed by atoms with Crippen LogP contribution in [0.5, 0.6) is 0 Å². The molecule has 2 aliphatic rings. The van der Waals surface area contributed by atoms with Crippen LogP contribution in [0.25, 0.3) is 0 Å². The first-order chi connectivity index (χ1) is 8.59. The predicted molar refractivity (Wildman–Crippen MR) is 67.3 cm³/mol. The summed E-state index contributed by atoms with van der Waals surface area (Å²) in [5.41, 5.74) is 0. The molecule has 0 aromatic carbocycles.